The fourth-order valence-corrected chi connectivity index (χ4v) is 3.09. The molecule has 1 aromatic heterocycles. The molecule has 5 nitrogen and oxygen atoms in total. The average Bonchev–Trinajstić information content (AvgIpc) is 2.68. The molecule has 0 atom stereocenters. The maximum Gasteiger partial charge on any atom is 0.251 e. The Morgan fingerprint density at radius 2 is 1.72 bits per heavy atom. The van der Waals surface area contributed by atoms with Gasteiger partial charge in [-0.3, -0.25) is 14.6 Å². The molecule has 1 saturated carbocycles. The summed E-state index contributed by atoms with van der Waals surface area (Å²) in [5, 5.41) is 5.91. The van der Waals surface area contributed by atoms with Gasteiger partial charge in [0.15, 0.2) is 0 Å². The van der Waals surface area contributed by atoms with Crippen LogP contribution in [0.3, 0.4) is 0 Å². The zero-order valence-corrected chi connectivity index (χ0v) is 14.2. The molecule has 1 aliphatic rings. The van der Waals surface area contributed by atoms with Gasteiger partial charge in [-0.2, -0.15) is 0 Å². The zero-order valence-electron chi connectivity index (χ0n) is 14.2. The summed E-state index contributed by atoms with van der Waals surface area (Å²) in [5.41, 5.74) is 1.80. The number of pyridine rings is 1. The van der Waals surface area contributed by atoms with E-state index < -0.39 is 0 Å². The van der Waals surface area contributed by atoms with Gasteiger partial charge in [-0.15, -0.1) is 0 Å². The van der Waals surface area contributed by atoms with E-state index in [2.05, 4.69) is 15.6 Å². The summed E-state index contributed by atoms with van der Waals surface area (Å²) >= 11 is 0. The van der Waals surface area contributed by atoms with Crippen LogP contribution in [0.5, 0.6) is 0 Å². The molecule has 2 N–H and O–H groups in total. The van der Waals surface area contributed by atoms with E-state index in [0.717, 1.165) is 18.5 Å². The summed E-state index contributed by atoms with van der Waals surface area (Å²) in [6.07, 6.45) is 7.35. The van der Waals surface area contributed by atoms with E-state index in [1.165, 1.54) is 19.3 Å². The minimum atomic E-state index is -0.210. The Labute approximate surface area is 147 Å². The first-order valence-corrected chi connectivity index (χ1v) is 8.81. The molecule has 0 spiro atoms. The quantitative estimate of drug-likeness (QED) is 0.881. The molecule has 0 aliphatic heterocycles. The van der Waals surface area contributed by atoms with Gasteiger partial charge >= 0.3 is 0 Å². The first-order chi connectivity index (χ1) is 12.2. The fourth-order valence-electron chi connectivity index (χ4n) is 3.09. The van der Waals surface area contributed by atoms with Crippen LogP contribution < -0.4 is 10.6 Å². The molecule has 1 aliphatic carbocycles. The van der Waals surface area contributed by atoms with Crippen LogP contribution in [0.4, 0.5) is 0 Å². The monoisotopic (exact) mass is 337 g/mol. The molecule has 1 heterocycles. The third-order valence-corrected chi connectivity index (χ3v) is 4.48. The van der Waals surface area contributed by atoms with Crippen LogP contribution in [0.25, 0.3) is 0 Å². The van der Waals surface area contributed by atoms with Crippen LogP contribution in [0.15, 0.2) is 48.7 Å². The van der Waals surface area contributed by atoms with Crippen molar-refractivity contribution in [3.05, 3.63) is 65.5 Å². The Hall–Kier alpha value is -2.69. The highest BCUT2D eigenvalue weighted by molar-refractivity contribution is 5.99. The maximum absolute atomic E-state index is 12.4. The summed E-state index contributed by atoms with van der Waals surface area (Å²) in [4.78, 5) is 28.9. The number of nitrogens with zero attached hydrogens (tertiary/aromatic N) is 1. The largest absolute Gasteiger partial charge is 0.349 e. The molecule has 3 rings (SSSR count). The Balaban J connectivity index is 1.60. The van der Waals surface area contributed by atoms with E-state index in [1.54, 1.807) is 30.5 Å². The molecule has 0 saturated heterocycles. The molecule has 25 heavy (non-hydrogen) atoms. The van der Waals surface area contributed by atoms with Crippen LogP contribution in [-0.4, -0.2) is 22.8 Å². The number of hydrogen-bond donors (Lipinski definition) is 2. The molecule has 0 radical (unpaired) electrons. The molecular formula is C20H23N3O2. The highest BCUT2D eigenvalue weighted by Crippen LogP contribution is 2.18. The van der Waals surface area contributed by atoms with Crippen molar-refractivity contribution in [1.29, 1.82) is 0 Å². The van der Waals surface area contributed by atoms with Gasteiger partial charge in [0.25, 0.3) is 11.8 Å². The van der Waals surface area contributed by atoms with Gasteiger partial charge in [0.05, 0.1) is 12.2 Å². The van der Waals surface area contributed by atoms with Gasteiger partial charge in [-0.1, -0.05) is 31.4 Å². The minimum absolute atomic E-state index is 0.105. The van der Waals surface area contributed by atoms with Crippen molar-refractivity contribution in [2.24, 2.45) is 0 Å². The Kier molecular flexibility index (Phi) is 5.77. The van der Waals surface area contributed by atoms with Crippen molar-refractivity contribution >= 4 is 11.8 Å². The summed E-state index contributed by atoms with van der Waals surface area (Å²) < 4.78 is 0. The van der Waals surface area contributed by atoms with Gasteiger partial charge in [-0.05, 0) is 43.2 Å². The number of nitrogens with one attached hydrogen (secondary N) is 2. The molecule has 0 bridgehead atoms. The lowest BCUT2D eigenvalue weighted by molar-refractivity contribution is 0.0927. The lowest BCUT2D eigenvalue weighted by Crippen LogP contribution is -2.36. The van der Waals surface area contributed by atoms with E-state index in [1.807, 2.05) is 18.2 Å². The number of carbonyl (C=O) groups excluding carboxylic acids is 2. The average molecular weight is 337 g/mol. The van der Waals surface area contributed by atoms with Crippen molar-refractivity contribution in [2.45, 2.75) is 44.7 Å². The number of carbonyl (C=O) groups is 2. The predicted molar refractivity (Wildman–Crippen MR) is 96.2 cm³/mol. The van der Waals surface area contributed by atoms with Crippen LogP contribution in [0.1, 0.15) is 58.5 Å². The molecular weight excluding hydrogens is 314 g/mol. The SMILES string of the molecule is O=C(NCc1ccccn1)c1cccc(C(=O)NC2CCCCC2)c1. The molecule has 2 aromatic rings. The second-order valence-corrected chi connectivity index (χ2v) is 6.39. The number of rotatable bonds is 5. The first kappa shape index (κ1) is 17.1. The van der Waals surface area contributed by atoms with Gasteiger partial charge in [0, 0.05) is 23.4 Å². The van der Waals surface area contributed by atoms with E-state index in [4.69, 9.17) is 0 Å². The number of aromatic nitrogens is 1. The Morgan fingerprint density at radius 3 is 2.44 bits per heavy atom. The predicted octanol–water partition coefficient (Wildman–Crippen LogP) is 3.07. The molecule has 1 fully saturated rings. The van der Waals surface area contributed by atoms with Crippen molar-refractivity contribution in [2.75, 3.05) is 0 Å². The van der Waals surface area contributed by atoms with Crippen molar-refractivity contribution in [3.8, 4) is 0 Å². The van der Waals surface area contributed by atoms with Crippen LogP contribution in [-0.2, 0) is 6.54 Å². The smallest absolute Gasteiger partial charge is 0.251 e. The van der Waals surface area contributed by atoms with Crippen LogP contribution >= 0.6 is 0 Å². The molecule has 1 aromatic carbocycles. The van der Waals surface area contributed by atoms with Crippen LogP contribution in [0, 0.1) is 0 Å². The second-order valence-electron chi connectivity index (χ2n) is 6.39. The summed E-state index contributed by atoms with van der Waals surface area (Å²) in [5.74, 6) is -0.316. The van der Waals surface area contributed by atoms with E-state index in [9.17, 15) is 9.59 Å². The summed E-state index contributed by atoms with van der Waals surface area (Å²) in [6, 6.07) is 12.7. The first-order valence-electron chi connectivity index (χ1n) is 8.81. The van der Waals surface area contributed by atoms with Crippen molar-refractivity contribution < 1.29 is 9.59 Å². The number of hydrogen-bond acceptors (Lipinski definition) is 3. The highest BCUT2D eigenvalue weighted by atomic mass is 16.2. The number of amides is 2. The second kappa shape index (κ2) is 8.42. The van der Waals surface area contributed by atoms with Crippen LogP contribution in [0.2, 0.25) is 0 Å². The topological polar surface area (TPSA) is 71.1 Å². The van der Waals surface area contributed by atoms with E-state index in [0.29, 0.717) is 17.7 Å². The molecule has 130 valence electrons. The standard InChI is InChI=1S/C20H23N3O2/c24-19(22-14-18-11-4-5-12-21-18)15-7-6-8-16(13-15)20(25)23-17-9-2-1-3-10-17/h4-8,11-13,17H,1-3,9-10,14H2,(H,22,24)(H,23,25). The summed E-state index contributed by atoms with van der Waals surface area (Å²) in [7, 11) is 0. The number of benzene rings is 1. The van der Waals surface area contributed by atoms with Crippen molar-refractivity contribution in [3.63, 3.8) is 0 Å². The Morgan fingerprint density at radius 1 is 0.960 bits per heavy atom. The van der Waals surface area contributed by atoms with Gasteiger partial charge in [0.1, 0.15) is 0 Å². The highest BCUT2D eigenvalue weighted by Gasteiger charge is 2.17. The minimum Gasteiger partial charge on any atom is -0.349 e. The zero-order chi connectivity index (χ0) is 17.5. The molecule has 0 unspecified atom stereocenters. The van der Waals surface area contributed by atoms with Gasteiger partial charge < -0.3 is 10.6 Å². The Bertz CT molecular complexity index is 725. The van der Waals surface area contributed by atoms with Crippen molar-refractivity contribution in [1.82, 2.24) is 15.6 Å². The van der Waals surface area contributed by atoms with E-state index in [-0.39, 0.29) is 17.9 Å². The molecule has 5 heteroatoms. The van der Waals surface area contributed by atoms with Gasteiger partial charge in [-0.25, -0.2) is 0 Å². The van der Waals surface area contributed by atoms with E-state index >= 15 is 0 Å². The third-order valence-electron chi connectivity index (χ3n) is 4.48. The summed E-state index contributed by atoms with van der Waals surface area (Å²) in [6.45, 7) is 0.359. The normalized spacial score (nSPS) is 14.7. The maximum atomic E-state index is 12.4. The van der Waals surface area contributed by atoms with Gasteiger partial charge in [0.2, 0.25) is 0 Å². The molecule has 2 amide bonds. The third kappa shape index (κ3) is 4.89. The lowest BCUT2D eigenvalue weighted by atomic mass is 9.95. The lowest BCUT2D eigenvalue weighted by Gasteiger charge is -2.22. The fraction of sp³-hybridized carbons (Fsp3) is 0.350.